The van der Waals surface area contributed by atoms with Crippen LogP contribution in [0.2, 0.25) is 5.15 Å². The summed E-state index contributed by atoms with van der Waals surface area (Å²) in [5.74, 6) is -0.958. The SMILES string of the molecule is COC(=O)c1c(NC(=O)c2cnc(Cl)cn2)sc(C)c1C. The lowest BCUT2D eigenvalue weighted by Gasteiger charge is -2.05. The van der Waals surface area contributed by atoms with E-state index in [9.17, 15) is 9.59 Å². The Hall–Kier alpha value is -1.99. The van der Waals surface area contributed by atoms with Crippen LogP contribution in [0.4, 0.5) is 5.00 Å². The van der Waals surface area contributed by atoms with Crippen molar-refractivity contribution in [1.82, 2.24) is 9.97 Å². The van der Waals surface area contributed by atoms with Crippen LogP contribution in [0.3, 0.4) is 0 Å². The van der Waals surface area contributed by atoms with E-state index in [0.717, 1.165) is 10.4 Å². The first-order valence-electron chi connectivity index (χ1n) is 5.91. The zero-order valence-electron chi connectivity index (χ0n) is 11.6. The Morgan fingerprint density at radius 3 is 2.57 bits per heavy atom. The minimum atomic E-state index is -0.491. The highest BCUT2D eigenvalue weighted by molar-refractivity contribution is 7.16. The van der Waals surface area contributed by atoms with E-state index >= 15 is 0 Å². The van der Waals surface area contributed by atoms with Crippen molar-refractivity contribution in [2.75, 3.05) is 12.4 Å². The van der Waals surface area contributed by atoms with Crippen molar-refractivity contribution in [1.29, 1.82) is 0 Å². The highest BCUT2D eigenvalue weighted by Crippen LogP contribution is 2.33. The molecule has 0 atom stereocenters. The third kappa shape index (κ3) is 3.20. The van der Waals surface area contributed by atoms with Crippen molar-refractivity contribution < 1.29 is 14.3 Å². The molecule has 0 spiro atoms. The van der Waals surface area contributed by atoms with Crippen LogP contribution in [-0.4, -0.2) is 29.0 Å². The molecule has 0 aliphatic carbocycles. The van der Waals surface area contributed by atoms with E-state index in [0.29, 0.717) is 10.6 Å². The van der Waals surface area contributed by atoms with Crippen molar-refractivity contribution in [2.45, 2.75) is 13.8 Å². The molecule has 1 amide bonds. The standard InChI is InChI=1S/C13H12ClN3O3S/c1-6-7(2)21-12(10(6)13(19)20-3)17-11(18)8-4-16-9(14)5-15-8/h4-5H,1-3H3,(H,17,18). The van der Waals surface area contributed by atoms with Gasteiger partial charge in [0.2, 0.25) is 0 Å². The molecule has 110 valence electrons. The van der Waals surface area contributed by atoms with Crippen LogP contribution in [0.5, 0.6) is 0 Å². The molecule has 2 aromatic rings. The lowest BCUT2D eigenvalue weighted by molar-refractivity contribution is 0.0601. The molecule has 0 saturated heterocycles. The Morgan fingerprint density at radius 2 is 2.00 bits per heavy atom. The number of aromatic nitrogens is 2. The van der Waals surface area contributed by atoms with E-state index in [1.807, 2.05) is 6.92 Å². The highest BCUT2D eigenvalue weighted by atomic mass is 35.5. The first-order chi connectivity index (χ1) is 9.93. The summed E-state index contributed by atoms with van der Waals surface area (Å²) >= 11 is 6.93. The Labute approximate surface area is 130 Å². The van der Waals surface area contributed by atoms with E-state index in [1.54, 1.807) is 6.92 Å². The normalized spacial score (nSPS) is 10.3. The lowest BCUT2D eigenvalue weighted by atomic mass is 10.1. The smallest absolute Gasteiger partial charge is 0.341 e. The van der Waals surface area contributed by atoms with Crippen LogP contribution in [0.1, 0.15) is 31.3 Å². The van der Waals surface area contributed by atoms with Crippen LogP contribution in [0.25, 0.3) is 0 Å². The number of methoxy groups -OCH3 is 1. The predicted octanol–water partition coefficient (Wildman–Crippen LogP) is 2.85. The van der Waals surface area contributed by atoms with Gasteiger partial charge in [0.25, 0.3) is 5.91 Å². The number of ether oxygens (including phenoxy) is 1. The number of thiophene rings is 1. The number of halogens is 1. The number of hydrogen-bond donors (Lipinski definition) is 1. The molecule has 0 unspecified atom stereocenters. The van der Waals surface area contributed by atoms with Gasteiger partial charge in [0, 0.05) is 4.88 Å². The largest absolute Gasteiger partial charge is 0.465 e. The Morgan fingerprint density at radius 1 is 1.29 bits per heavy atom. The molecule has 0 aliphatic rings. The molecule has 2 rings (SSSR count). The number of anilines is 1. The number of carbonyl (C=O) groups is 2. The highest BCUT2D eigenvalue weighted by Gasteiger charge is 2.22. The van der Waals surface area contributed by atoms with Gasteiger partial charge in [0.05, 0.1) is 25.1 Å². The monoisotopic (exact) mass is 325 g/mol. The zero-order chi connectivity index (χ0) is 15.6. The van der Waals surface area contributed by atoms with Gasteiger partial charge in [-0.2, -0.15) is 0 Å². The Bertz CT molecular complexity index is 697. The van der Waals surface area contributed by atoms with Crippen molar-refractivity contribution >= 4 is 39.8 Å². The molecule has 21 heavy (non-hydrogen) atoms. The third-order valence-corrected chi connectivity index (χ3v) is 4.17. The summed E-state index contributed by atoms with van der Waals surface area (Å²) < 4.78 is 4.75. The zero-order valence-corrected chi connectivity index (χ0v) is 13.1. The summed E-state index contributed by atoms with van der Waals surface area (Å²) in [6, 6.07) is 0. The quantitative estimate of drug-likeness (QED) is 0.877. The fourth-order valence-electron chi connectivity index (χ4n) is 1.66. The second-order valence-electron chi connectivity index (χ2n) is 4.16. The fraction of sp³-hybridized carbons (Fsp3) is 0.231. The van der Waals surface area contributed by atoms with Gasteiger partial charge in [-0.05, 0) is 19.4 Å². The van der Waals surface area contributed by atoms with Crippen molar-refractivity contribution in [3.63, 3.8) is 0 Å². The average molecular weight is 326 g/mol. The van der Waals surface area contributed by atoms with Gasteiger partial charge < -0.3 is 10.1 Å². The van der Waals surface area contributed by atoms with Crippen LogP contribution in [-0.2, 0) is 4.74 Å². The number of nitrogens with one attached hydrogen (secondary N) is 1. The van der Waals surface area contributed by atoms with Crippen LogP contribution < -0.4 is 5.32 Å². The summed E-state index contributed by atoms with van der Waals surface area (Å²) in [5.41, 5.74) is 1.25. The maximum absolute atomic E-state index is 12.1. The summed E-state index contributed by atoms with van der Waals surface area (Å²) in [6.45, 7) is 3.67. The number of nitrogens with zero attached hydrogens (tertiary/aromatic N) is 2. The molecule has 0 aromatic carbocycles. The number of esters is 1. The molecular weight excluding hydrogens is 314 g/mol. The molecule has 2 aromatic heterocycles. The minimum Gasteiger partial charge on any atom is -0.465 e. The number of carbonyl (C=O) groups excluding carboxylic acids is 2. The summed E-state index contributed by atoms with van der Waals surface area (Å²) in [4.78, 5) is 32.5. The van der Waals surface area contributed by atoms with Crippen LogP contribution in [0, 0.1) is 13.8 Å². The van der Waals surface area contributed by atoms with Gasteiger partial charge in [0.15, 0.2) is 0 Å². The molecule has 0 saturated carbocycles. The van der Waals surface area contributed by atoms with Gasteiger partial charge in [-0.1, -0.05) is 11.6 Å². The number of rotatable bonds is 3. The van der Waals surface area contributed by atoms with Gasteiger partial charge in [0.1, 0.15) is 15.8 Å². The van der Waals surface area contributed by atoms with E-state index < -0.39 is 11.9 Å². The topological polar surface area (TPSA) is 81.2 Å². The maximum Gasteiger partial charge on any atom is 0.341 e. The van der Waals surface area contributed by atoms with Gasteiger partial charge >= 0.3 is 5.97 Å². The fourth-order valence-corrected chi connectivity index (χ4v) is 2.80. The van der Waals surface area contributed by atoms with E-state index in [2.05, 4.69) is 15.3 Å². The molecule has 0 bridgehead atoms. The molecule has 1 N–H and O–H groups in total. The number of aryl methyl sites for hydroxylation is 1. The molecule has 6 nitrogen and oxygen atoms in total. The molecule has 8 heteroatoms. The van der Waals surface area contributed by atoms with E-state index in [-0.39, 0.29) is 10.8 Å². The average Bonchev–Trinajstić information content (AvgIpc) is 2.73. The first-order valence-corrected chi connectivity index (χ1v) is 7.10. The van der Waals surface area contributed by atoms with Gasteiger partial charge in [-0.15, -0.1) is 11.3 Å². The molecule has 0 fully saturated rings. The van der Waals surface area contributed by atoms with Crippen molar-refractivity contribution in [2.24, 2.45) is 0 Å². The van der Waals surface area contributed by atoms with Crippen molar-refractivity contribution in [3.05, 3.63) is 39.2 Å². The van der Waals surface area contributed by atoms with Gasteiger partial charge in [-0.3, -0.25) is 4.79 Å². The summed E-state index contributed by atoms with van der Waals surface area (Å²) in [6.07, 6.45) is 2.55. The lowest BCUT2D eigenvalue weighted by Crippen LogP contribution is -2.15. The van der Waals surface area contributed by atoms with Crippen LogP contribution in [0.15, 0.2) is 12.4 Å². The predicted molar refractivity (Wildman–Crippen MR) is 80.1 cm³/mol. The number of hydrogen-bond acceptors (Lipinski definition) is 6. The maximum atomic E-state index is 12.1. The van der Waals surface area contributed by atoms with Gasteiger partial charge in [-0.25, -0.2) is 14.8 Å². The van der Waals surface area contributed by atoms with E-state index in [4.69, 9.17) is 16.3 Å². The Kier molecular flexibility index (Phi) is 4.54. The summed E-state index contributed by atoms with van der Waals surface area (Å²) in [7, 11) is 1.30. The molecule has 0 aliphatic heterocycles. The van der Waals surface area contributed by atoms with Crippen LogP contribution >= 0.6 is 22.9 Å². The Balaban J connectivity index is 2.31. The molecule has 0 radical (unpaired) electrons. The van der Waals surface area contributed by atoms with Crippen molar-refractivity contribution in [3.8, 4) is 0 Å². The first kappa shape index (κ1) is 15.4. The second-order valence-corrected chi connectivity index (χ2v) is 5.77. The summed E-state index contributed by atoms with van der Waals surface area (Å²) in [5, 5.41) is 3.28. The third-order valence-electron chi connectivity index (χ3n) is 2.85. The molecule has 2 heterocycles. The molecular formula is C13H12ClN3O3S. The van der Waals surface area contributed by atoms with E-state index in [1.165, 1.54) is 30.8 Å². The minimum absolute atomic E-state index is 0.110. The second kappa shape index (κ2) is 6.19. The number of amides is 1.